The van der Waals surface area contributed by atoms with Gasteiger partial charge in [0.1, 0.15) is 0 Å². The number of aryl methyl sites for hydroxylation is 1. The number of hydrogen-bond donors (Lipinski definition) is 2. The second-order valence-electron chi connectivity index (χ2n) is 3.50. The monoisotopic (exact) mass is 315 g/mol. The summed E-state index contributed by atoms with van der Waals surface area (Å²) >= 11 is 3.23. The Morgan fingerprint density at radius 3 is 2.71 bits per heavy atom. The van der Waals surface area contributed by atoms with E-state index in [1.807, 2.05) is 0 Å². The molecule has 7 heteroatoms. The molecule has 1 aromatic carbocycles. The van der Waals surface area contributed by atoms with Crippen LogP contribution in [0.4, 0.5) is 5.82 Å². The smallest absolute Gasteiger partial charge is 0.263 e. The zero-order chi connectivity index (χ0) is 12.5. The lowest BCUT2D eigenvalue weighted by Gasteiger charge is -2.05. The van der Waals surface area contributed by atoms with Crippen molar-refractivity contribution in [1.82, 2.24) is 10.2 Å². The predicted molar refractivity (Wildman–Crippen MR) is 68.3 cm³/mol. The zero-order valence-corrected chi connectivity index (χ0v) is 11.3. The highest BCUT2D eigenvalue weighted by molar-refractivity contribution is 9.10. The van der Waals surface area contributed by atoms with E-state index >= 15 is 0 Å². The van der Waals surface area contributed by atoms with Gasteiger partial charge in [-0.3, -0.25) is 9.82 Å². The van der Waals surface area contributed by atoms with Crippen LogP contribution in [0.15, 0.2) is 39.7 Å². The molecule has 0 unspecified atom stereocenters. The van der Waals surface area contributed by atoms with Crippen molar-refractivity contribution in [1.29, 1.82) is 0 Å². The average Bonchev–Trinajstić information content (AvgIpc) is 2.63. The molecule has 0 fully saturated rings. The predicted octanol–water partition coefficient (Wildman–Crippen LogP) is 2.28. The van der Waals surface area contributed by atoms with E-state index in [0.29, 0.717) is 4.47 Å². The lowest BCUT2D eigenvalue weighted by Crippen LogP contribution is -2.13. The molecule has 0 amide bonds. The Hall–Kier alpha value is -1.34. The van der Waals surface area contributed by atoms with Gasteiger partial charge in [-0.1, -0.05) is 22.0 Å². The van der Waals surface area contributed by atoms with Crippen molar-refractivity contribution in [3.05, 3.63) is 40.5 Å². The minimum absolute atomic E-state index is 0.188. The second kappa shape index (κ2) is 4.50. The number of aromatic nitrogens is 2. The quantitative estimate of drug-likeness (QED) is 0.912. The summed E-state index contributed by atoms with van der Waals surface area (Å²) < 4.78 is 27.1. The van der Waals surface area contributed by atoms with Crippen molar-refractivity contribution in [2.75, 3.05) is 4.72 Å². The molecule has 0 aliphatic rings. The molecule has 1 aromatic heterocycles. The van der Waals surface area contributed by atoms with Gasteiger partial charge in [0, 0.05) is 16.2 Å². The van der Waals surface area contributed by atoms with E-state index < -0.39 is 10.0 Å². The average molecular weight is 316 g/mol. The van der Waals surface area contributed by atoms with Crippen molar-refractivity contribution in [3.8, 4) is 0 Å². The minimum atomic E-state index is -3.58. The van der Waals surface area contributed by atoms with Crippen LogP contribution >= 0.6 is 15.9 Å². The lowest BCUT2D eigenvalue weighted by atomic mass is 10.4. The van der Waals surface area contributed by atoms with Gasteiger partial charge in [0.05, 0.1) is 4.90 Å². The number of hydrogen-bond acceptors (Lipinski definition) is 3. The number of H-pyrrole nitrogens is 1. The van der Waals surface area contributed by atoms with Crippen molar-refractivity contribution >= 4 is 31.8 Å². The topological polar surface area (TPSA) is 74.8 Å². The SMILES string of the molecule is Cc1cc(NS(=O)(=O)c2cccc(Br)c2)n[nH]1. The molecule has 0 atom stereocenters. The largest absolute Gasteiger partial charge is 0.281 e. The molecule has 0 aliphatic heterocycles. The molecule has 0 radical (unpaired) electrons. The summed E-state index contributed by atoms with van der Waals surface area (Å²) in [7, 11) is -3.58. The molecule has 2 N–H and O–H groups in total. The first-order valence-corrected chi connectivity index (χ1v) is 7.05. The molecule has 90 valence electrons. The Morgan fingerprint density at radius 1 is 1.35 bits per heavy atom. The third-order valence-electron chi connectivity index (χ3n) is 2.05. The highest BCUT2D eigenvalue weighted by Crippen LogP contribution is 2.18. The molecule has 0 saturated heterocycles. The van der Waals surface area contributed by atoms with Gasteiger partial charge in [-0.2, -0.15) is 5.10 Å². The number of benzene rings is 1. The van der Waals surface area contributed by atoms with Crippen molar-refractivity contribution in [2.24, 2.45) is 0 Å². The molecule has 17 heavy (non-hydrogen) atoms. The summed E-state index contributed by atoms with van der Waals surface area (Å²) in [4.78, 5) is 0.188. The summed E-state index contributed by atoms with van der Waals surface area (Å²) in [5.74, 6) is 0.280. The van der Waals surface area contributed by atoms with Gasteiger partial charge in [-0.05, 0) is 25.1 Å². The fraction of sp³-hybridized carbons (Fsp3) is 0.100. The molecule has 0 aliphatic carbocycles. The number of halogens is 1. The number of nitrogens with zero attached hydrogens (tertiary/aromatic N) is 1. The molecule has 0 bridgehead atoms. The van der Waals surface area contributed by atoms with Crippen LogP contribution in [0.25, 0.3) is 0 Å². The van der Waals surface area contributed by atoms with Crippen molar-refractivity contribution < 1.29 is 8.42 Å². The van der Waals surface area contributed by atoms with Crippen molar-refractivity contribution in [3.63, 3.8) is 0 Å². The van der Waals surface area contributed by atoms with Gasteiger partial charge in [0.2, 0.25) is 0 Å². The van der Waals surface area contributed by atoms with Crippen LogP contribution in [0.1, 0.15) is 5.69 Å². The maximum absolute atomic E-state index is 12.0. The molecule has 0 saturated carbocycles. The Morgan fingerprint density at radius 2 is 2.12 bits per heavy atom. The van der Waals surface area contributed by atoms with Crippen LogP contribution in [0.5, 0.6) is 0 Å². The number of anilines is 1. The van der Waals surface area contributed by atoms with Gasteiger partial charge in [0.15, 0.2) is 5.82 Å². The first-order chi connectivity index (χ1) is 7.97. The highest BCUT2D eigenvalue weighted by atomic mass is 79.9. The van der Waals surface area contributed by atoms with Crippen LogP contribution in [-0.4, -0.2) is 18.6 Å². The normalized spacial score (nSPS) is 11.4. The van der Waals surface area contributed by atoms with E-state index in [1.165, 1.54) is 12.1 Å². The van der Waals surface area contributed by atoms with Crippen molar-refractivity contribution in [2.45, 2.75) is 11.8 Å². The minimum Gasteiger partial charge on any atom is -0.281 e. The van der Waals surface area contributed by atoms with E-state index in [1.54, 1.807) is 25.1 Å². The lowest BCUT2D eigenvalue weighted by molar-refractivity contribution is 0.601. The standard InChI is InChI=1S/C10H10BrN3O2S/c1-7-5-10(13-12-7)14-17(15,16)9-4-2-3-8(11)6-9/h2-6H,1H3,(H2,12,13,14). The van der Waals surface area contributed by atoms with Gasteiger partial charge in [-0.15, -0.1) is 0 Å². The maximum Gasteiger partial charge on any atom is 0.263 e. The number of nitrogens with one attached hydrogen (secondary N) is 2. The summed E-state index contributed by atoms with van der Waals surface area (Å²) in [5.41, 5.74) is 0.789. The number of rotatable bonds is 3. The Labute approximate surface area is 107 Å². The van der Waals surface area contributed by atoms with E-state index in [9.17, 15) is 8.42 Å². The first-order valence-electron chi connectivity index (χ1n) is 4.78. The van der Waals surface area contributed by atoms with Gasteiger partial charge >= 0.3 is 0 Å². The fourth-order valence-corrected chi connectivity index (χ4v) is 2.89. The van der Waals surface area contributed by atoms with Gasteiger partial charge in [0.25, 0.3) is 10.0 Å². The Kier molecular flexibility index (Phi) is 3.21. The van der Waals surface area contributed by atoms with Gasteiger partial charge in [-0.25, -0.2) is 8.42 Å². The van der Waals surface area contributed by atoms with E-state index in [0.717, 1.165) is 5.69 Å². The summed E-state index contributed by atoms with van der Waals surface area (Å²) in [6, 6.07) is 8.09. The van der Waals surface area contributed by atoms with Crippen LogP contribution in [0, 0.1) is 6.92 Å². The second-order valence-corrected chi connectivity index (χ2v) is 6.10. The summed E-state index contributed by atoms with van der Waals surface area (Å²) in [5, 5.41) is 6.49. The first kappa shape index (κ1) is 12.1. The van der Waals surface area contributed by atoms with Crippen LogP contribution in [-0.2, 0) is 10.0 Å². The Balaban J connectivity index is 2.31. The summed E-state index contributed by atoms with van der Waals surface area (Å²) in [6.45, 7) is 1.80. The molecule has 1 heterocycles. The number of aromatic amines is 1. The number of sulfonamides is 1. The third-order valence-corrected chi connectivity index (χ3v) is 3.90. The zero-order valence-electron chi connectivity index (χ0n) is 8.94. The molecular weight excluding hydrogens is 306 g/mol. The highest BCUT2D eigenvalue weighted by Gasteiger charge is 2.15. The molecular formula is C10H10BrN3O2S. The summed E-state index contributed by atoms with van der Waals surface area (Å²) in [6.07, 6.45) is 0. The van der Waals surface area contributed by atoms with Gasteiger partial charge < -0.3 is 0 Å². The van der Waals surface area contributed by atoms with Crippen LogP contribution in [0.2, 0.25) is 0 Å². The van der Waals surface area contributed by atoms with E-state index in [2.05, 4.69) is 30.8 Å². The molecule has 2 aromatic rings. The fourth-order valence-electron chi connectivity index (χ4n) is 1.30. The molecule has 0 spiro atoms. The van der Waals surface area contributed by atoms with E-state index in [-0.39, 0.29) is 10.7 Å². The van der Waals surface area contributed by atoms with Crippen LogP contribution in [0.3, 0.4) is 0 Å². The Bertz CT molecular complexity index is 637. The van der Waals surface area contributed by atoms with Crippen LogP contribution < -0.4 is 4.72 Å². The third kappa shape index (κ3) is 2.86. The maximum atomic E-state index is 12.0. The van der Waals surface area contributed by atoms with E-state index in [4.69, 9.17) is 0 Å². The molecule has 2 rings (SSSR count). The molecule has 5 nitrogen and oxygen atoms in total.